The van der Waals surface area contributed by atoms with E-state index in [0.717, 1.165) is 38.0 Å². The normalized spacial score (nSPS) is 21.7. The molecule has 1 aromatic carbocycles. The number of hydrogen-bond acceptors (Lipinski definition) is 2. The molecule has 0 aromatic heterocycles. The maximum Gasteiger partial charge on any atom is 0.251 e. The molecule has 0 radical (unpaired) electrons. The van der Waals surface area contributed by atoms with E-state index >= 15 is 0 Å². The van der Waals surface area contributed by atoms with Gasteiger partial charge in [-0.25, -0.2) is 0 Å². The van der Waals surface area contributed by atoms with Crippen molar-refractivity contribution in [1.29, 1.82) is 0 Å². The fraction of sp³-hybridized carbons (Fsp3) is 0.562. The molecule has 1 fully saturated rings. The highest BCUT2D eigenvalue weighted by molar-refractivity contribution is 9.09. The molecule has 1 aliphatic rings. The van der Waals surface area contributed by atoms with E-state index in [-0.39, 0.29) is 11.9 Å². The number of ether oxygens (including phenoxy) is 1. The van der Waals surface area contributed by atoms with Crippen LogP contribution in [0.4, 0.5) is 0 Å². The van der Waals surface area contributed by atoms with Crippen LogP contribution in [-0.4, -0.2) is 23.4 Å². The molecule has 0 saturated heterocycles. The first-order chi connectivity index (χ1) is 9.70. The van der Waals surface area contributed by atoms with Gasteiger partial charge in [0.05, 0.1) is 6.61 Å². The number of alkyl halides is 1. The largest absolute Gasteiger partial charge is 0.494 e. The zero-order valence-electron chi connectivity index (χ0n) is 11.9. The van der Waals surface area contributed by atoms with Gasteiger partial charge in [-0.05, 0) is 43.5 Å². The maximum atomic E-state index is 12.1. The van der Waals surface area contributed by atoms with Crippen LogP contribution in [0.3, 0.4) is 0 Å². The first-order valence-corrected chi connectivity index (χ1v) is 8.30. The topological polar surface area (TPSA) is 38.3 Å². The molecule has 2 rings (SSSR count). The van der Waals surface area contributed by atoms with E-state index in [1.165, 1.54) is 6.42 Å². The van der Waals surface area contributed by atoms with Crippen LogP contribution in [0, 0.1) is 0 Å². The Hall–Kier alpha value is -1.03. The van der Waals surface area contributed by atoms with Crippen molar-refractivity contribution in [1.82, 2.24) is 5.32 Å². The molecule has 2 unspecified atom stereocenters. The molecule has 0 heterocycles. The number of nitrogens with one attached hydrogen (secondary N) is 1. The zero-order chi connectivity index (χ0) is 14.4. The summed E-state index contributed by atoms with van der Waals surface area (Å²) in [6, 6.07) is 7.64. The minimum atomic E-state index is 0.00135. The second-order valence-corrected chi connectivity index (χ2v) is 6.43. The summed E-state index contributed by atoms with van der Waals surface area (Å²) in [5, 5.41) is 3.09. The van der Waals surface area contributed by atoms with Crippen molar-refractivity contribution in [3.63, 3.8) is 0 Å². The Kier molecular flexibility index (Phi) is 5.89. The fourth-order valence-corrected chi connectivity index (χ4v) is 3.09. The first kappa shape index (κ1) is 15.4. The van der Waals surface area contributed by atoms with Gasteiger partial charge in [-0.2, -0.15) is 0 Å². The third-order valence-electron chi connectivity index (χ3n) is 3.63. The van der Waals surface area contributed by atoms with Crippen molar-refractivity contribution in [3.8, 4) is 5.75 Å². The van der Waals surface area contributed by atoms with E-state index in [1.54, 1.807) is 0 Å². The highest BCUT2D eigenvalue weighted by Gasteiger charge is 2.26. The summed E-state index contributed by atoms with van der Waals surface area (Å²) in [6.45, 7) is 2.87. The number of hydrogen-bond donors (Lipinski definition) is 1. The summed E-state index contributed by atoms with van der Waals surface area (Å²) in [6.07, 6.45) is 5.53. The van der Waals surface area contributed by atoms with Gasteiger partial charge in [0.15, 0.2) is 0 Å². The third-order valence-corrected chi connectivity index (χ3v) is 4.73. The quantitative estimate of drug-likeness (QED) is 0.630. The standard InChI is InChI=1S/C16H22BrNO2/c1-2-3-11-20-13-9-7-12(8-10-13)16(19)18-15-6-4-5-14(15)17/h7-10,14-15H,2-6,11H2,1H3,(H,18,19). The van der Waals surface area contributed by atoms with E-state index in [9.17, 15) is 4.79 Å². The van der Waals surface area contributed by atoms with Gasteiger partial charge >= 0.3 is 0 Å². The Balaban J connectivity index is 1.87. The molecule has 2 atom stereocenters. The summed E-state index contributed by atoms with van der Waals surface area (Å²) in [5.41, 5.74) is 0.694. The van der Waals surface area contributed by atoms with E-state index in [0.29, 0.717) is 10.4 Å². The third kappa shape index (κ3) is 4.23. The molecule has 1 aromatic rings. The Bertz CT molecular complexity index is 433. The van der Waals surface area contributed by atoms with Gasteiger partial charge in [0, 0.05) is 16.4 Å². The molecular formula is C16H22BrNO2. The lowest BCUT2D eigenvalue weighted by Crippen LogP contribution is -2.37. The van der Waals surface area contributed by atoms with Crippen LogP contribution in [0.25, 0.3) is 0 Å². The molecule has 20 heavy (non-hydrogen) atoms. The van der Waals surface area contributed by atoms with Gasteiger partial charge in [-0.1, -0.05) is 35.7 Å². The molecule has 1 amide bonds. The summed E-state index contributed by atoms with van der Waals surface area (Å²) in [7, 11) is 0. The first-order valence-electron chi connectivity index (χ1n) is 7.38. The number of carbonyl (C=O) groups is 1. The molecule has 0 spiro atoms. The zero-order valence-corrected chi connectivity index (χ0v) is 13.5. The van der Waals surface area contributed by atoms with Crippen molar-refractivity contribution < 1.29 is 9.53 Å². The van der Waals surface area contributed by atoms with Gasteiger partial charge in [-0.3, -0.25) is 4.79 Å². The van der Waals surface area contributed by atoms with Crippen LogP contribution >= 0.6 is 15.9 Å². The number of benzene rings is 1. The lowest BCUT2D eigenvalue weighted by atomic mass is 10.1. The molecule has 0 bridgehead atoms. The van der Waals surface area contributed by atoms with Crippen LogP contribution in [-0.2, 0) is 0 Å². The van der Waals surface area contributed by atoms with E-state index < -0.39 is 0 Å². The average molecular weight is 340 g/mol. The predicted octanol–water partition coefficient (Wildman–Crippen LogP) is 3.91. The van der Waals surface area contributed by atoms with Gasteiger partial charge in [0.1, 0.15) is 5.75 Å². The molecule has 1 saturated carbocycles. The molecule has 0 aliphatic heterocycles. The highest BCUT2D eigenvalue weighted by atomic mass is 79.9. The number of unbranched alkanes of at least 4 members (excludes halogenated alkanes) is 1. The van der Waals surface area contributed by atoms with Gasteiger partial charge < -0.3 is 10.1 Å². The highest BCUT2D eigenvalue weighted by Crippen LogP contribution is 2.25. The number of halogens is 1. The molecule has 3 nitrogen and oxygen atoms in total. The Morgan fingerprint density at radius 3 is 2.70 bits per heavy atom. The molecule has 110 valence electrons. The second kappa shape index (κ2) is 7.67. The fourth-order valence-electron chi connectivity index (χ4n) is 2.37. The summed E-state index contributed by atoms with van der Waals surface area (Å²) < 4.78 is 5.59. The van der Waals surface area contributed by atoms with Crippen molar-refractivity contribution >= 4 is 21.8 Å². The Morgan fingerprint density at radius 2 is 2.10 bits per heavy atom. The molecular weight excluding hydrogens is 318 g/mol. The summed E-state index contributed by atoms with van der Waals surface area (Å²) in [4.78, 5) is 12.6. The minimum absolute atomic E-state index is 0.00135. The van der Waals surface area contributed by atoms with Crippen LogP contribution < -0.4 is 10.1 Å². The lowest BCUT2D eigenvalue weighted by Gasteiger charge is -2.16. The second-order valence-electron chi connectivity index (χ2n) is 5.25. The predicted molar refractivity (Wildman–Crippen MR) is 84.7 cm³/mol. The maximum absolute atomic E-state index is 12.1. The smallest absolute Gasteiger partial charge is 0.251 e. The van der Waals surface area contributed by atoms with Gasteiger partial charge in [0.2, 0.25) is 0 Å². The Morgan fingerprint density at radius 1 is 1.35 bits per heavy atom. The van der Waals surface area contributed by atoms with Gasteiger partial charge in [0.25, 0.3) is 5.91 Å². The summed E-state index contributed by atoms with van der Waals surface area (Å²) >= 11 is 3.62. The number of carbonyl (C=O) groups excluding carboxylic acids is 1. The van der Waals surface area contributed by atoms with Crippen molar-refractivity contribution in [3.05, 3.63) is 29.8 Å². The lowest BCUT2D eigenvalue weighted by molar-refractivity contribution is 0.0939. The van der Waals surface area contributed by atoms with E-state index in [2.05, 4.69) is 28.2 Å². The van der Waals surface area contributed by atoms with Crippen LogP contribution in [0.5, 0.6) is 5.75 Å². The van der Waals surface area contributed by atoms with Crippen molar-refractivity contribution in [2.24, 2.45) is 0 Å². The van der Waals surface area contributed by atoms with Crippen molar-refractivity contribution in [2.75, 3.05) is 6.61 Å². The van der Waals surface area contributed by atoms with Crippen LogP contribution in [0.2, 0.25) is 0 Å². The minimum Gasteiger partial charge on any atom is -0.494 e. The molecule has 1 aliphatic carbocycles. The van der Waals surface area contributed by atoms with E-state index in [4.69, 9.17) is 4.74 Å². The Labute approximate surface area is 129 Å². The monoisotopic (exact) mass is 339 g/mol. The molecule has 1 N–H and O–H groups in total. The van der Waals surface area contributed by atoms with E-state index in [1.807, 2.05) is 24.3 Å². The number of amides is 1. The van der Waals surface area contributed by atoms with Crippen LogP contribution in [0.15, 0.2) is 24.3 Å². The average Bonchev–Trinajstić information content (AvgIpc) is 2.85. The van der Waals surface area contributed by atoms with Crippen LogP contribution in [0.1, 0.15) is 49.4 Å². The van der Waals surface area contributed by atoms with Gasteiger partial charge in [-0.15, -0.1) is 0 Å². The number of rotatable bonds is 6. The van der Waals surface area contributed by atoms with Crippen molar-refractivity contribution in [2.45, 2.75) is 49.9 Å². The summed E-state index contributed by atoms with van der Waals surface area (Å²) in [5.74, 6) is 0.829. The molecule has 4 heteroatoms. The SMILES string of the molecule is CCCCOc1ccc(C(=O)NC2CCCC2Br)cc1.